The van der Waals surface area contributed by atoms with Crippen molar-refractivity contribution >= 4 is 79.6 Å². The highest BCUT2D eigenvalue weighted by Gasteiger charge is 2.13. The molecule has 1 aromatic heterocycles. The van der Waals surface area contributed by atoms with Gasteiger partial charge >= 0.3 is 0 Å². The van der Waals surface area contributed by atoms with Crippen LogP contribution in [0.5, 0.6) is 0 Å². The number of hydrogen-bond acceptors (Lipinski definition) is 2. The molecule has 140 valence electrons. The van der Waals surface area contributed by atoms with E-state index in [0.29, 0.717) is 36.6 Å². The number of anilines is 2. The van der Waals surface area contributed by atoms with Crippen LogP contribution < -0.4 is 10.6 Å². The lowest BCUT2D eigenvalue weighted by molar-refractivity contribution is 0.586. The maximum absolute atomic E-state index is 14.0. The predicted octanol–water partition coefficient (Wildman–Crippen LogP) is 6.60. The van der Waals surface area contributed by atoms with Crippen molar-refractivity contribution in [2.75, 3.05) is 10.6 Å². The van der Waals surface area contributed by atoms with Crippen LogP contribution in [0.15, 0.2) is 47.1 Å². The van der Waals surface area contributed by atoms with Gasteiger partial charge in [-0.15, -0.1) is 0 Å². The van der Waals surface area contributed by atoms with Gasteiger partial charge in [-0.25, -0.2) is 4.39 Å². The maximum Gasteiger partial charge on any atom is 0.176 e. The first-order valence-electron chi connectivity index (χ1n) is 7.52. The van der Waals surface area contributed by atoms with Gasteiger partial charge in [0.2, 0.25) is 0 Å². The number of halogens is 5. The van der Waals surface area contributed by atoms with Gasteiger partial charge in [-0.3, -0.25) is 4.68 Å². The molecule has 0 amide bonds. The summed E-state index contributed by atoms with van der Waals surface area (Å²) in [6.07, 6.45) is 1.70. The second kappa shape index (κ2) is 8.75. The van der Waals surface area contributed by atoms with Gasteiger partial charge in [-0.05, 0) is 58.5 Å². The Morgan fingerprint density at radius 2 is 1.93 bits per heavy atom. The average Bonchev–Trinajstić information content (AvgIpc) is 2.93. The Labute approximate surface area is 183 Å². The molecule has 3 rings (SSSR count). The third kappa shape index (κ3) is 5.12. The Kier molecular flexibility index (Phi) is 6.60. The Morgan fingerprint density at radius 3 is 2.63 bits per heavy atom. The van der Waals surface area contributed by atoms with Crippen LogP contribution in [0.1, 0.15) is 5.56 Å². The van der Waals surface area contributed by atoms with Gasteiger partial charge in [0.05, 0.1) is 21.7 Å². The first-order valence-corrected chi connectivity index (χ1v) is 9.86. The number of rotatable bonds is 4. The summed E-state index contributed by atoms with van der Waals surface area (Å²) in [4.78, 5) is 0. The van der Waals surface area contributed by atoms with Crippen molar-refractivity contribution in [1.82, 2.24) is 9.78 Å². The Bertz CT molecular complexity index is 992. The van der Waals surface area contributed by atoms with Gasteiger partial charge in [0, 0.05) is 21.8 Å². The van der Waals surface area contributed by atoms with Crippen LogP contribution in [-0.4, -0.2) is 14.9 Å². The van der Waals surface area contributed by atoms with Crippen molar-refractivity contribution in [3.63, 3.8) is 0 Å². The zero-order valence-corrected chi connectivity index (χ0v) is 18.1. The average molecular weight is 509 g/mol. The van der Waals surface area contributed by atoms with Crippen molar-refractivity contribution in [1.29, 1.82) is 0 Å². The molecule has 0 aliphatic carbocycles. The molecule has 0 aliphatic heterocycles. The quantitative estimate of drug-likeness (QED) is 0.390. The fourth-order valence-corrected chi connectivity index (χ4v) is 3.56. The molecule has 0 radical (unpaired) electrons. The standard InChI is InChI=1S/C17H11BrCl3FN4S/c18-11-8-26(7-10-12(20)2-1-3-14(10)22)25-16(11)24-17(27)23-15-5-4-9(19)6-13(15)21/h1-6,8H,7H2,(H2,23,24,25,27). The second-order valence-corrected chi connectivity index (χ2v) is 7.94. The van der Waals surface area contributed by atoms with Gasteiger partial charge in [0.1, 0.15) is 5.82 Å². The summed E-state index contributed by atoms with van der Waals surface area (Å²) in [7, 11) is 0. The molecule has 2 N–H and O–H groups in total. The van der Waals surface area contributed by atoms with Gasteiger partial charge in [-0.1, -0.05) is 40.9 Å². The topological polar surface area (TPSA) is 41.9 Å². The zero-order valence-electron chi connectivity index (χ0n) is 13.4. The predicted molar refractivity (Wildman–Crippen MR) is 117 cm³/mol. The molecule has 27 heavy (non-hydrogen) atoms. The molecule has 0 saturated heterocycles. The van der Waals surface area contributed by atoms with Crippen LogP contribution in [-0.2, 0) is 6.54 Å². The van der Waals surface area contributed by atoms with E-state index in [4.69, 9.17) is 47.0 Å². The molecule has 10 heteroatoms. The van der Waals surface area contributed by atoms with Gasteiger partial charge in [0.25, 0.3) is 0 Å². The second-order valence-electron chi connectivity index (χ2n) is 5.43. The molecule has 0 fully saturated rings. The minimum absolute atomic E-state index is 0.176. The highest BCUT2D eigenvalue weighted by molar-refractivity contribution is 9.10. The van der Waals surface area contributed by atoms with Crippen molar-refractivity contribution in [3.05, 3.63) is 73.5 Å². The van der Waals surface area contributed by atoms with Gasteiger partial charge in [0.15, 0.2) is 10.9 Å². The van der Waals surface area contributed by atoms with E-state index in [0.717, 1.165) is 0 Å². The Hall–Kier alpha value is -1.38. The highest BCUT2D eigenvalue weighted by Crippen LogP contribution is 2.27. The molecule has 3 aromatic rings. The number of hydrogen-bond donors (Lipinski definition) is 2. The minimum Gasteiger partial charge on any atom is -0.331 e. The van der Waals surface area contributed by atoms with Crippen LogP contribution in [0, 0.1) is 5.82 Å². The van der Waals surface area contributed by atoms with E-state index in [9.17, 15) is 4.39 Å². The summed E-state index contributed by atoms with van der Waals surface area (Å²) >= 11 is 26.8. The molecular formula is C17H11BrCl3FN4S. The van der Waals surface area contributed by atoms with Crippen molar-refractivity contribution in [3.8, 4) is 0 Å². The summed E-state index contributed by atoms with van der Waals surface area (Å²) in [6, 6.07) is 9.56. The number of benzene rings is 2. The molecule has 1 heterocycles. The summed E-state index contributed by atoms with van der Waals surface area (Å²) in [6.45, 7) is 0.176. The Morgan fingerprint density at radius 1 is 1.15 bits per heavy atom. The number of thiocarbonyl (C=S) groups is 1. The number of aromatic nitrogens is 2. The molecule has 0 bridgehead atoms. The van der Waals surface area contributed by atoms with E-state index in [1.54, 1.807) is 41.2 Å². The third-order valence-electron chi connectivity index (χ3n) is 3.51. The number of nitrogens with zero attached hydrogens (tertiary/aromatic N) is 2. The smallest absolute Gasteiger partial charge is 0.176 e. The number of nitrogens with one attached hydrogen (secondary N) is 2. The third-order valence-corrected chi connectivity index (χ3v) is 5.20. The van der Waals surface area contributed by atoms with Gasteiger partial charge in [-0.2, -0.15) is 5.10 Å². The van der Waals surface area contributed by atoms with Crippen molar-refractivity contribution in [2.45, 2.75) is 6.54 Å². The normalized spacial score (nSPS) is 10.7. The maximum atomic E-state index is 14.0. The molecule has 0 spiro atoms. The van der Waals surface area contributed by atoms with E-state index in [1.807, 2.05) is 0 Å². The van der Waals surface area contributed by atoms with Crippen LogP contribution >= 0.6 is 63.0 Å². The van der Waals surface area contributed by atoms with Gasteiger partial charge < -0.3 is 10.6 Å². The first-order chi connectivity index (χ1) is 12.8. The Balaban J connectivity index is 1.72. The molecule has 0 saturated carbocycles. The molecule has 0 unspecified atom stereocenters. The summed E-state index contributed by atoms with van der Waals surface area (Å²) in [5, 5.41) is 11.9. The zero-order chi connectivity index (χ0) is 19.6. The van der Waals surface area contributed by atoms with Crippen molar-refractivity contribution < 1.29 is 4.39 Å². The molecule has 0 aliphatic rings. The van der Waals surface area contributed by atoms with E-state index < -0.39 is 5.82 Å². The van der Waals surface area contributed by atoms with Crippen LogP contribution in [0.4, 0.5) is 15.9 Å². The monoisotopic (exact) mass is 506 g/mol. The highest BCUT2D eigenvalue weighted by atomic mass is 79.9. The fourth-order valence-electron chi connectivity index (χ4n) is 2.26. The lowest BCUT2D eigenvalue weighted by atomic mass is 10.2. The van der Waals surface area contributed by atoms with E-state index in [1.165, 1.54) is 6.07 Å². The van der Waals surface area contributed by atoms with E-state index >= 15 is 0 Å². The van der Waals surface area contributed by atoms with E-state index in [2.05, 4.69) is 31.7 Å². The van der Waals surface area contributed by atoms with Crippen LogP contribution in [0.3, 0.4) is 0 Å². The molecule has 4 nitrogen and oxygen atoms in total. The summed E-state index contributed by atoms with van der Waals surface area (Å²) in [5.41, 5.74) is 0.960. The van der Waals surface area contributed by atoms with Crippen LogP contribution in [0.25, 0.3) is 0 Å². The SMILES string of the molecule is Fc1cccc(Cl)c1Cn1cc(Br)c(NC(=S)Nc2ccc(Cl)cc2Cl)n1. The fraction of sp³-hybridized carbons (Fsp3) is 0.0588. The lowest BCUT2D eigenvalue weighted by Gasteiger charge is -2.10. The summed E-state index contributed by atoms with van der Waals surface area (Å²) < 4.78 is 16.2. The van der Waals surface area contributed by atoms with Crippen molar-refractivity contribution in [2.24, 2.45) is 0 Å². The van der Waals surface area contributed by atoms with Crippen LogP contribution in [0.2, 0.25) is 15.1 Å². The first kappa shape index (κ1) is 20.4. The molecular weight excluding hydrogens is 498 g/mol. The summed E-state index contributed by atoms with van der Waals surface area (Å²) in [5.74, 6) is 0.0725. The minimum atomic E-state index is -0.391. The lowest BCUT2D eigenvalue weighted by Crippen LogP contribution is -2.20. The molecule has 0 atom stereocenters. The molecule has 2 aromatic carbocycles. The van der Waals surface area contributed by atoms with E-state index in [-0.39, 0.29) is 11.7 Å². The largest absolute Gasteiger partial charge is 0.331 e.